The SMILES string of the molecule is Cc1nc(CSc2ccccc2C(=O)NCCNc2ccccc2[N+](=O)[O-])no1. The van der Waals surface area contributed by atoms with Crippen LogP contribution in [0.5, 0.6) is 0 Å². The number of rotatable bonds is 9. The first kappa shape index (κ1) is 20.3. The Balaban J connectivity index is 1.54. The van der Waals surface area contributed by atoms with E-state index in [4.69, 9.17) is 4.52 Å². The van der Waals surface area contributed by atoms with E-state index in [0.29, 0.717) is 41.8 Å². The monoisotopic (exact) mass is 413 g/mol. The molecule has 0 saturated heterocycles. The van der Waals surface area contributed by atoms with E-state index in [1.54, 1.807) is 37.3 Å². The number of carbonyl (C=O) groups is 1. The van der Waals surface area contributed by atoms with Crippen LogP contribution in [0.1, 0.15) is 22.1 Å². The third-order valence-electron chi connectivity index (χ3n) is 3.88. The predicted octanol–water partition coefficient (Wildman–Crippen LogP) is 3.42. The summed E-state index contributed by atoms with van der Waals surface area (Å²) in [6, 6.07) is 13.6. The van der Waals surface area contributed by atoms with Gasteiger partial charge >= 0.3 is 0 Å². The van der Waals surface area contributed by atoms with E-state index in [9.17, 15) is 14.9 Å². The van der Waals surface area contributed by atoms with Gasteiger partial charge in [0.05, 0.1) is 16.2 Å². The quantitative estimate of drug-likeness (QED) is 0.237. The fourth-order valence-corrected chi connectivity index (χ4v) is 3.47. The van der Waals surface area contributed by atoms with Crippen molar-refractivity contribution in [3.63, 3.8) is 0 Å². The largest absolute Gasteiger partial charge is 0.378 e. The molecule has 9 nitrogen and oxygen atoms in total. The van der Waals surface area contributed by atoms with Gasteiger partial charge in [0.25, 0.3) is 11.6 Å². The lowest BCUT2D eigenvalue weighted by atomic mass is 10.2. The Morgan fingerprint density at radius 1 is 1.17 bits per heavy atom. The third-order valence-corrected chi connectivity index (χ3v) is 4.95. The highest BCUT2D eigenvalue weighted by Gasteiger charge is 2.14. The van der Waals surface area contributed by atoms with Gasteiger partial charge in [0.15, 0.2) is 5.82 Å². The summed E-state index contributed by atoms with van der Waals surface area (Å²) in [5.74, 6) is 1.33. The molecular weight excluding hydrogens is 394 g/mol. The minimum atomic E-state index is -0.445. The summed E-state index contributed by atoms with van der Waals surface area (Å²) >= 11 is 1.45. The maximum Gasteiger partial charge on any atom is 0.292 e. The summed E-state index contributed by atoms with van der Waals surface area (Å²) in [6.07, 6.45) is 0. The van der Waals surface area contributed by atoms with Crippen molar-refractivity contribution in [2.24, 2.45) is 0 Å². The van der Waals surface area contributed by atoms with Gasteiger partial charge in [-0.15, -0.1) is 11.8 Å². The lowest BCUT2D eigenvalue weighted by Gasteiger charge is -2.10. The maximum absolute atomic E-state index is 12.6. The summed E-state index contributed by atoms with van der Waals surface area (Å²) in [4.78, 5) is 28.1. The van der Waals surface area contributed by atoms with E-state index in [1.165, 1.54) is 17.8 Å². The highest BCUT2D eigenvalue weighted by molar-refractivity contribution is 7.98. The van der Waals surface area contributed by atoms with Crippen molar-refractivity contribution in [3.05, 3.63) is 75.9 Å². The smallest absolute Gasteiger partial charge is 0.292 e. The van der Waals surface area contributed by atoms with E-state index in [0.717, 1.165) is 4.90 Å². The Labute approximate surface area is 171 Å². The van der Waals surface area contributed by atoms with E-state index in [2.05, 4.69) is 20.8 Å². The molecule has 1 amide bonds. The van der Waals surface area contributed by atoms with Gasteiger partial charge < -0.3 is 15.2 Å². The molecule has 0 fully saturated rings. The van der Waals surface area contributed by atoms with Crippen molar-refractivity contribution in [2.45, 2.75) is 17.6 Å². The molecule has 29 heavy (non-hydrogen) atoms. The summed E-state index contributed by atoms with van der Waals surface area (Å²) in [6.45, 7) is 2.39. The summed E-state index contributed by atoms with van der Waals surface area (Å²) < 4.78 is 4.95. The van der Waals surface area contributed by atoms with Crippen LogP contribution in [-0.2, 0) is 5.75 Å². The Bertz CT molecular complexity index is 1010. The van der Waals surface area contributed by atoms with Gasteiger partial charge in [-0.05, 0) is 18.2 Å². The number of thioether (sulfide) groups is 1. The van der Waals surface area contributed by atoms with Crippen molar-refractivity contribution in [3.8, 4) is 0 Å². The zero-order valence-corrected chi connectivity index (χ0v) is 16.4. The second kappa shape index (κ2) is 9.69. The number of anilines is 1. The van der Waals surface area contributed by atoms with Crippen LogP contribution in [0.25, 0.3) is 0 Å². The second-order valence-corrected chi connectivity index (χ2v) is 6.99. The molecule has 3 aromatic rings. The number of nitrogens with one attached hydrogen (secondary N) is 2. The first-order valence-electron chi connectivity index (χ1n) is 8.81. The first-order valence-corrected chi connectivity index (χ1v) is 9.79. The zero-order valence-electron chi connectivity index (χ0n) is 15.6. The van der Waals surface area contributed by atoms with Crippen LogP contribution in [0.4, 0.5) is 11.4 Å². The molecule has 10 heteroatoms. The average Bonchev–Trinajstić information content (AvgIpc) is 3.15. The number of aryl methyl sites for hydroxylation is 1. The molecule has 2 aromatic carbocycles. The molecule has 0 saturated carbocycles. The van der Waals surface area contributed by atoms with Crippen LogP contribution >= 0.6 is 11.8 Å². The molecule has 1 heterocycles. The van der Waals surface area contributed by atoms with Crippen LogP contribution in [0.15, 0.2) is 57.9 Å². The molecular formula is C19H19N5O4S. The van der Waals surface area contributed by atoms with Crippen LogP contribution < -0.4 is 10.6 Å². The number of amides is 1. The molecule has 150 valence electrons. The second-order valence-electron chi connectivity index (χ2n) is 5.97. The molecule has 0 atom stereocenters. The topological polar surface area (TPSA) is 123 Å². The van der Waals surface area contributed by atoms with Crippen LogP contribution in [-0.4, -0.2) is 34.1 Å². The van der Waals surface area contributed by atoms with Gasteiger partial charge in [-0.25, -0.2) is 0 Å². The van der Waals surface area contributed by atoms with Gasteiger partial charge in [0, 0.05) is 31.0 Å². The molecule has 0 spiro atoms. The van der Waals surface area contributed by atoms with Crippen LogP contribution in [0.2, 0.25) is 0 Å². The van der Waals surface area contributed by atoms with Crippen molar-refractivity contribution >= 4 is 29.0 Å². The Hall–Kier alpha value is -3.40. The van der Waals surface area contributed by atoms with Gasteiger partial charge in [0.1, 0.15) is 5.69 Å². The predicted molar refractivity (Wildman–Crippen MR) is 109 cm³/mol. The van der Waals surface area contributed by atoms with Crippen molar-refractivity contribution in [1.82, 2.24) is 15.5 Å². The van der Waals surface area contributed by atoms with Gasteiger partial charge in [-0.1, -0.05) is 29.4 Å². The summed E-state index contributed by atoms with van der Waals surface area (Å²) in [7, 11) is 0. The third kappa shape index (κ3) is 5.55. The highest BCUT2D eigenvalue weighted by atomic mass is 32.2. The van der Waals surface area contributed by atoms with Crippen molar-refractivity contribution in [2.75, 3.05) is 18.4 Å². The minimum Gasteiger partial charge on any atom is -0.378 e. The molecule has 1 aromatic heterocycles. The number of nitro groups is 1. The number of nitro benzene ring substituents is 1. The fourth-order valence-electron chi connectivity index (χ4n) is 2.57. The number of hydrogen-bond donors (Lipinski definition) is 2. The molecule has 0 radical (unpaired) electrons. The molecule has 3 rings (SSSR count). The molecule has 0 aliphatic carbocycles. The van der Waals surface area contributed by atoms with E-state index >= 15 is 0 Å². The van der Waals surface area contributed by atoms with Crippen LogP contribution in [0.3, 0.4) is 0 Å². The number of benzene rings is 2. The van der Waals surface area contributed by atoms with Crippen molar-refractivity contribution in [1.29, 1.82) is 0 Å². The summed E-state index contributed by atoms with van der Waals surface area (Å²) in [5.41, 5.74) is 0.957. The minimum absolute atomic E-state index is 0.00252. The number of para-hydroxylation sites is 2. The fraction of sp³-hybridized carbons (Fsp3) is 0.211. The van der Waals surface area contributed by atoms with Crippen molar-refractivity contribution < 1.29 is 14.2 Å². The number of carbonyl (C=O) groups excluding carboxylic acids is 1. The lowest BCUT2D eigenvalue weighted by Crippen LogP contribution is -2.29. The highest BCUT2D eigenvalue weighted by Crippen LogP contribution is 2.25. The van der Waals surface area contributed by atoms with E-state index in [1.807, 2.05) is 12.1 Å². The number of aromatic nitrogens is 2. The zero-order chi connectivity index (χ0) is 20.6. The first-order chi connectivity index (χ1) is 14.0. The van der Waals surface area contributed by atoms with Gasteiger partial charge in [-0.3, -0.25) is 14.9 Å². The maximum atomic E-state index is 12.6. The normalized spacial score (nSPS) is 10.5. The molecule has 0 aliphatic rings. The molecule has 0 bridgehead atoms. The van der Waals surface area contributed by atoms with Gasteiger partial charge in [-0.2, -0.15) is 4.98 Å². The molecule has 2 N–H and O–H groups in total. The lowest BCUT2D eigenvalue weighted by molar-refractivity contribution is -0.384. The summed E-state index contributed by atoms with van der Waals surface area (Å²) in [5, 5.41) is 20.7. The van der Waals surface area contributed by atoms with E-state index in [-0.39, 0.29) is 11.6 Å². The Morgan fingerprint density at radius 3 is 2.69 bits per heavy atom. The van der Waals surface area contributed by atoms with Gasteiger partial charge in [0.2, 0.25) is 5.89 Å². The molecule has 0 unspecified atom stereocenters. The van der Waals surface area contributed by atoms with Crippen LogP contribution in [0, 0.1) is 17.0 Å². The Kier molecular flexibility index (Phi) is 6.80. The Morgan fingerprint density at radius 2 is 1.93 bits per heavy atom. The van der Waals surface area contributed by atoms with E-state index < -0.39 is 4.92 Å². The average molecular weight is 413 g/mol. The standard InChI is InChI=1S/C19H19N5O4S/c1-13-22-18(23-28-13)12-29-17-9-5-2-6-14(17)19(25)21-11-10-20-15-7-3-4-8-16(15)24(26)27/h2-9,20H,10-12H2,1H3,(H,21,25). The number of nitrogens with zero attached hydrogens (tertiary/aromatic N) is 3. The molecule has 0 aliphatic heterocycles. The number of hydrogen-bond acceptors (Lipinski definition) is 8.